The second-order valence-electron chi connectivity index (χ2n) is 6.40. The number of thiocarbonyl (C=S) groups is 1. The number of nitro groups is 1. The molecule has 0 atom stereocenters. The average Bonchev–Trinajstić information content (AvgIpc) is 3.00. The standard InChI is InChI=1S/C21H19ClN2O5S2/c1-3-23-20(25)18(31-21(23)30)11-14-9-16(22)19(17(10-14)28-4-2)29-12-13-6-5-7-15(8-13)24(26)27/h5-11H,3-4,12H2,1-2H3/b18-11-. The monoisotopic (exact) mass is 478 g/mol. The van der Waals surface area contributed by atoms with Crippen molar-refractivity contribution in [1.82, 2.24) is 4.90 Å². The summed E-state index contributed by atoms with van der Waals surface area (Å²) in [6, 6.07) is 9.58. The molecule has 2 aromatic rings. The molecule has 1 saturated heterocycles. The fourth-order valence-corrected chi connectivity index (χ4v) is 4.57. The van der Waals surface area contributed by atoms with Crippen LogP contribution in [0.15, 0.2) is 41.3 Å². The maximum Gasteiger partial charge on any atom is 0.269 e. The highest BCUT2D eigenvalue weighted by atomic mass is 35.5. The van der Waals surface area contributed by atoms with Gasteiger partial charge >= 0.3 is 0 Å². The van der Waals surface area contributed by atoms with Gasteiger partial charge in [0.2, 0.25) is 0 Å². The van der Waals surface area contributed by atoms with Gasteiger partial charge in [0.25, 0.3) is 11.6 Å². The fourth-order valence-electron chi connectivity index (χ4n) is 2.91. The third-order valence-electron chi connectivity index (χ3n) is 4.32. The van der Waals surface area contributed by atoms with Gasteiger partial charge in [-0.2, -0.15) is 0 Å². The van der Waals surface area contributed by atoms with Crippen LogP contribution in [0.4, 0.5) is 5.69 Å². The topological polar surface area (TPSA) is 81.9 Å². The Morgan fingerprint density at radius 1 is 1.26 bits per heavy atom. The highest BCUT2D eigenvalue weighted by Gasteiger charge is 2.30. The number of benzene rings is 2. The van der Waals surface area contributed by atoms with Gasteiger partial charge in [-0.05, 0) is 43.2 Å². The van der Waals surface area contributed by atoms with Gasteiger partial charge < -0.3 is 9.47 Å². The third-order valence-corrected chi connectivity index (χ3v) is 5.98. The van der Waals surface area contributed by atoms with E-state index < -0.39 is 4.92 Å². The minimum atomic E-state index is -0.460. The number of thioether (sulfide) groups is 1. The SMILES string of the molecule is CCOc1cc(/C=C2\SC(=S)N(CC)C2=O)cc(Cl)c1OCc1cccc([N+](=O)[O-])c1. The van der Waals surface area contributed by atoms with Crippen molar-refractivity contribution in [3.05, 3.63) is 67.6 Å². The molecule has 1 heterocycles. The van der Waals surface area contributed by atoms with Crippen molar-refractivity contribution in [1.29, 1.82) is 0 Å². The number of hydrogen-bond donors (Lipinski definition) is 0. The van der Waals surface area contributed by atoms with Gasteiger partial charge in [-0.15, -0.1) is 0 Å². The molecular formula is C21H19ClN2O5S2. The highest BCUT2D eigenvalue weighted by Crippen LogP contribution is 2.39. The molecule has 0 aromatic heterocycles. The van der Waals surface area contributed by atoms with Gasteiger partial charge in [0, 0.05) is 18.7 Å². The zero-order valence-electron chi connectivity index (χ0n) is 16.8. The molecule has 31 heavy (non-hydrogen) atoms. The van der Waals surface area contributed by atoms with E-state index in [0.717, 1.165) is 0 Å². The number of amides is 1. The Balaban J connectivity index is 1.86. The number of hydrogen-bond acceptors (Lipinski definition) is 7. The van der Waals surface area contributed by atoms with E-state index in [1.807, 2.05) is 13.8 Å². The quantitative estimate of drug-likeness (QED) is 0.216. The lowest BCUT2D eigenvalue weighted by molar-refractivity contribution is -0.384. The number of nitrogens with zero attached hydrogens (tertiary/aromatic N) is 2. The Hall–Kier alpha value is -2.62. The van der Waals surface area contributed by atoms with Gasteiger partial charge in [0.05, 0.1) is 21.5 Å². The number of ether oxygens (including phenoxy) is 2. The van der Waals surface area contributed by atoms with Crippen LogP contribution in [-0.4, -0.2) is 33.2 Å². The second kappa shape index (κ2) is 10.1. The van der Waals surface area contributed by atoms with Gasteiger partial charge in [-0.1, -0.05) is 47.7 Å². The first-order valence-electron chi connectivity index (χ1n) is 9.41. The highest BCUT2D eigenvalue weighted by molar-refractivity contribution is 8.26. The first-order valence-corrected chi connectivity index (χ1v) is 11.0. The van der Waals surface area contributed by atoms with Crippen molar-refractivity contribution in [3.63, 3.8) is 0 Å². The Kier molecular flexibility index (Phi) is 7.53. The Labute approximate surface area is 194 Å². The van der Waals surface area contributed by atoms with Crippen molar-refractivity contribution in [3.8, 4) is 11.5 Å². The van der Waals surface area contributed by atoms with E-state index >= 15 is 0 Å². The summed E-state index contributed by atoms with van der Waals surface area (Å²) in [5, 5.41) is 11.3. The molecule has 10 heteroatoms. The summed E-state index contributed by atoms with van der Waals surface area (Å²) in [6.45, 7) is 4.67. The first kappa shape index (κ1) is 23.1. The van der Waals surface area contributed by atoms with Crippen molar-refractivity contribution in [2.75, 3.05) is 13.2 Å². The van der Waals surface area contributed by atoms with Crippen LogP contribution in [0.25, 0.3) is 6.08 Å². The number of likely N-dealkylation sites (N-methyl/N-ethyl adjacent to an activating group) is 1. The fraction of sp³-hybridized carbons (Fsp3) is 0.238. The lowest BCUT2D eigenvalue weighted by Gasteiger charge is -2.15. The molecule has 0 aliphatic carbocycles. The van der Waals surface area contributed by atoms with Crippen molar-refractivity contribution < 1.29 is 19.2 Å². The number of carbonyl (C=O) groups excluding carboxylic acids is 1. The molecule has 1 fully saturated rings. The minimum Gasteiger partial charge on any atom is -0.490 e. The molecule has 0 N–H and O–H groups in total. The van der Waals surface area contributed by atoms with Crippen LogP contribution in [0.1, 0.15) is 25.0 Å². The van der Waals surface area contributed by atoms with E-state index in [1.165, 1.54) is 28.8 Å². The summed E-state index contributed by atoms with van der Waals surface area (Å²) < 4.78 is 12.0. The lowest BCUT2D eigenvalue weighted by atomic mass is 10.1. The van der Waals surface area contributed by atoms with Gasteiger partial charge in [-0.25, -0.2) is 0 Å². The summed E-state index contributed by atoms with van der Waals surface area (Å²) in [5.74, 6) is 0.600. The maximum atomic E-state index is 12.5. The van der Waals surface area contributed by atoms with E-state index in [2.05, 4.69) is 0 Å². The predicted molar refractivity (Wildman–Crippen MR) is 126 cm³/mol. The number of non-ortho nitro benzene ring substituents is 1. The molecular weight excluding hydrogens is 460 g/mol. The van der Waals surface area contributed by atoms with E-state index in [1.54, 1.807) is 30.3 Å². The van der Waals surface area contributed by atoms with Crippen LogP contribution in [0.5, 0.6) is 11.5 Å². The zero-order valence-corrected chi connectivity index (χ0v) is 19.2. The van der Waals surface area contributed by atoms with E-state index in [4.69, 9.17) is 33.3 Å². The Morgan fingerprint density at radius 2 is 2.03 bits per heavy atom. The summed E-state index contributed by atoms with van der Waals surface area (Å²) in [4.78, 5) is 25.0. The van der Waals surface area contributed by atoms with Crippen molar-refractivity contribution in [2.24, 2.45) is 0 Å². The van der Waals surface area contributed by atoms with Crippen molar-refractivity contribution >= 4 is 57.6 Å². The summed E-state index contributed by atoms with van der Waals surface area (Å²) in [6.07, 6.45) is 1.72. The Morgan fingerprint density at radius 3 is 2.68 bits per heavy atom. The molecule has 1 amide bonds. The average molecular weight is 479 g/mol. The molecule has 162 valence electrons. The smallest absolute Gasteiger partial charge is 0.269 e. The number of halogens is 1. The second-order valence-corrected chi connectivity index (χ2v) is 8.49. The summed E-state index contributed by atoms with van der Waals surface area (Å²) >= 11 is 12.9. The minimum absolute atomic E-state index is 0.0167. The molecule has 1 aliphatic rings. The van der Waals surface area contributed by atoms with Crippen LogP contribution in [-0.2, 0) is 11.4 Å². The molecule has 7 nitrogen and oxygen atoms in total. The predicted octanol–water partition coefficient (Wildman–Crippen LogP) is 5.45. The first-order chi connectivity index (χ1) is 14.8. The molecule has 3 rings (SSSR count). The van der Waals surface area contributed by atoms with Gasteiger partial charge in [0.1, 0.15) is 10.9 Å². The largest absolute Gasteiger partial charge is 0.490 e. The van der Waals surface area contributed by atoms with Crippen LogP contribution in [0.3, 0.4) is 0 Å². The van der Waals surface area contributed by atoms with Crippen LogP contribution in [0, 0.1) is 10.1 Å². The lowest BCUT2D eigenvalue weighted by Crippen LogP contribution is -2.27. The van der Waals surface area contributed by atoms with E-state index in [9.17, 15) is 14.9 Å². The van der Waals surface area contributed by atoms with Gasteiger partial charge in [0.15, 0.2) is 11.5 Å². The molecule has 0 bridgehead atoms. The molecule has 0 saturated carbocycles. The number of rotatable bonds is 8. The summed E-state index contributed by atoms with van der Waals surface area (Å²) in [5.41, 5.74) is 1.28. The van der Waals surface area contributed by atoms with E-state index in [-0.39, 0.29) is 18.2 Å². The maximum absolute atomic E-state index is 12.5. The molecule has 2 aromatic carbocycles. The Bertz CT molecular complexity index is 1070. The molecule has 0 unspecified atom stereocenters. The van der Waals surface area contributed by atoms with Crippen LogP contribution < -0.4 is 9.47 Å². The normalized spacial score (nSPS) is 14.9. The van der Waals surface area contributed by atoms with Crippen LogP contribution >= 0.6 is 35.6 Å². The number of carbonyl (C=O) groups is 1. The zero-order chi connectivity index (χ0) is 22.5. The van der Waals surface area contributed by atoms with E-state index in [0.29, 0.717) is 50.0 Å². The summed E-state index contributed by atoms with van der Waals surface area (Å²) in [7, 11) is 0. The molecule has 1 aliphatic heterocycles. The van der Waals surface area contributed by atoms with Gasteiger partial charge in [-0.3, -0.25) is 19.8 Å². The van der Waals surface area contributed by atoms with Crippen molar-refractivity contribution in [2.45, 2.75) is 20.5 Å². The molecule has 0 spiro atoms. The third kappa shape index (κ3) is 5.36. The molecule has 0 radical (unpaired) electrons. The number of nitro benzene ring substituents is 1. The van der Waals surface area contributed by atoms with Crippen LogP contribution in [0.2, 0.25) is 5.02 Å².